The highest BCUT2D eigenvalue weighted by Crippen LogP contribution is 2.33. The van der Waals surface area contributed by atoms with E-state index >= 15 is 0 Å². The first-order chi connectivity index (χ1) is 14.2. The number of aromatic nitrogens is 2. The van der Waals surface area contributed by atoms with Crippen LogP contribution in [0.1, 0.15) is 35.4 Å². The summed E-state index contributed by atoms with van der Waals surface area (Å²) in [6, 6.07) is 9.90. The Labute approximate surface area is 175 Å². The minimum Gasteiger partial charge on any atom is -0.283 e. The lowest BCUT2D eigenvalue weighted by atomic mass is 10.1. The van der Waals surface area contributed by atoms with Gasteiger partial charge in [0.15, 0.2) is 14.8 Å². The molecule has 1 heterocycles. The van der Waals surface area contributed by atoms with E-state index in [1.54, 1.807) is 31.2 Å². The van der Waals surface area contributed by atoms with Crippen molar-refractivity contribution in [3.05, 3.63) is 47.0 Å². The smallest absolute Gasteiger partial charge is 0.275 e. The van der Waals surface area contributed by atoms with Crippen LogP contribution >= 0.6 is 11.3 Å². The summed E-state index contributed by atoms with van der Waals surface area (Å²) in [7, 11) is -3.75. The number of rotatable bonds is 7. The van der Waals surface area contributed by atoms with Crippen LogP contribution in [0.25, 0.3) is 10.8 Å². The van der Waals surface area contributed by atoms with Crippen LogP contribution in [0, 0.1) is 0 Å². The number of amides is 1. The van der Waals surface area contributed by atoms with Crippen LogP contribution in [0.3, 0.4) is 0 Å². The van der Waals surface area contributed by atoms with E-state index in [4.69, 9.17) is 0 Å². The summed E-state index contributed by atoms with van der Waals surface area (Å²) in [5, 5.41) is 7.76. The lowest BCUT2D eigenvalue weighted by Crippen LogP contribution is -2.32. The molecule has 0 aliphatic rings. The fraction of sp³-hybridized carbons (Fsp3) is 0.316. The van der Waals surface area contributed by atoms with E-state index in [1.165, 1.54) is 19.1 Å². The molecule has 0 bridgehead atoms. The van der Waals surface area contributed by atoms with E-state index in [0.29, 0.717) is 22.1 Å². The minimum atomic E-state index is -3.75. The zero-order valence-corrected chi connectivity index (χ0v) is 17.7. The third-order valence-corrected chi connectivity index (χ3v) is 7.24. The zero-order valence-electron chi connectivity index (χ0n) is 16.0. The largest absolute Gasteiger partial charge is 0.283 e. The van der Waals surface area contributed by atoms with Gasteiger partial charge >= 0.3 is 0 Å². The van der Waals surface area contributed by atoms with E-state index in [2.05, 4.69) is 10.2 Å². The van der Waals surface area contributed by atoms with Gasteiger partial charge in [-0.15, -0.1) is 10.2 Å². The van der Waals surface area contributed by atoms with Crippen LogP contribution in [0.5, 0.6) is 0 Å². The monoisotopic (exact) mass is 457 g/mol. The number of hydrogen-bond donors (Lipinski definition) is 0. The van der Waals surface area contributed by atoms with Gasteiger partial charge in [-0.25, -0.2) is 21.6 Å². The Hall–Kier alpha value is -2.53. The molecule has 1 amide bonds. The van der Waals surface area contributed by atoms with Crippen molar-refractivity contribution in [1.82, 2.24) is 10.2 Å². The lowest BCUT2D eigenvalue weighted by Gasteiger charge is -2.19. The third kappa shape index (κ3) is 4.17. The molecule has 0 saturated carbocycles. The van der Waals surface area contributed by atoms with E-state index in [1.807, 2.05) is 0 Å². The molecule has 0 aliphatic carbocycles. The van der Waals surface area contributed by atoms with Gasteiger partial charge in [-0.3, -0.25) is 9.69 Å². The van der Waals surface area contributed by atoms with E-state index in [0.717, 1.165) is 4.90 Å². The van der Waals surface area contributed by atoms with E-state index in [-0.39, 0.29) is 27.9 Å². The summed E-state index contributed by atoms with van der Waals surface area (Å²) in [4.78, 5) is 14.2. The Bertz CT molecular complexity index is 1180. The minimum absolute atomic E-state index is 0.0531. The highest BCUT2D eigenvalue weighted by atomic mass is 32.2. The first-order valence-corrected chi connectivity index (χ1v) is 11.5. The summed E-state index contributed by atoms with van der Waals surface area (Å²) in [5.74, 6) is -0.899. The molecule has 0 aliphatic heterocycles. The topological polar surface area (TPSA) is 80.2 Å². The molecule has 0 fully saturated rings. The number of nitrogens with zero attached hydrogens (tertiary/aromatic N) is 3. The van der Waals surface area contributed by atoms with E-state index < -0.39 is 33.3 Å². The third-order valence-electron chi connectivity index (χ3n) is 4.47. The van der Waals surface area contributed by atoms with Crippen molar-refractivity contribution in [2.24, 2.45) is 0 Å². The normalized spacial score (nSPS) is 13.0. The molecule has 11 heteroatoms. The van der Waals surface area contributed by atoms with Gasteiger partial charge in [-0.05, 0) is 29.8 Å². The van der Waals surface area contributed by atoms with Crippen molar-refractivity contribution in [2.45, 2.75) is 31.3 Å². The maximum Gasteiger partial charge on any atom is 0.275 e. The number of hydrogen-bond acceptors (Lipinski definition) is 6. The first kappa shape index (κ1) is 22.2. The molecule has 0 spiro atoms. The van der Waals surface area contributed by atoms with Gasteiger partial charge in [0.1, 0.15) is 0 Å². The SMILES string of the molecule is CCN(C(=O)c1cc2ccccc2cc1S(=O)(=O)CC)c1nnc(C(F)C(F)F)s1. The Morgan fingerprint density at radius 3 is 2.30 bits per heavy atom. The fourth-order valence-corrected chi connectivity index (χ4v) is 4.85. The molecule has 1 unspecified atom stereocenters. The Balaban J connectivity index is 2.11. The number of halogens is 3. The lowest BCUT2D eigenvalue weighted by molar-refractivity contribution is 0.0491. The molecule has 3 rings (SSSR count). The predicted octanol–water partition coefficient (Wildman–Crippen LogP) is 4.43. The molecule has 0 radical (unpaired) electrons. The van der Waals surface area contributed by atoms with Gasteiger partial charge in [0.2, 0.25) is 11.3 Å². The Kier molecular flexibility index (Phi) is 6.41. The summed E-state index contributed by atoms with van der Waals surface area (Å²) in [5.41, 5.74) is -0.0696. The number of carbonyl (C=O) groups excluding carboxylic acids is 1. The number of sulfone groups is 1. The molecule has 6 nitrogen and oxygen atoms in total. The average molecular weight is 457 g/mol. The van der Waals surface area contributed by atoms with Crippen LogP contribution in [-0.4, -0.2) is 43.2 Å². The molecule has 0 saturated heterocycles. The van der Waals surface area contributed by atoms with E-state index in [9.17, 15) is 26.4 Å². The van der Waals surface area contributed by atoms with Crippen LogP contribution in [0.15, 0.2) is 41.3 Å². The molecule has 30 heavy (non-hydrogen) atoms. The van der Waals surface area contributed by atoms with Gasteiger partial charge in [0.05, 0.1) is 16.2 Å². The van der Waals surface area contributed by atoms with Gasteiger partial charge in [-0.1, -0.05) is 42.5 Å². The number of benzene rings is 2. The molecule has 1 atom stereocenters. The van der Waals surface area contributed by atoms with Gasteiger partial charge in [-0.2, -0.15) is 0 Å². The highest BCUT2D eigenvalue weighted by Gasteiger charge is 2.30. The number of carbonyl (C=O) groups is 1. The van der Waals surface area contributed by atoms with Crippen molar-refractivity contribution in [2.75, 3.05) is 17.2 Å². The second-order valence-electron chi connectivity index (χ2n) is 6.31. The van der Waals surface area contributed by atoms with Crippen molar-refractivity contribution < 1.29 is 26.4 Å². The van der Waals surface area contributed by atoms with Gasteiger partial charge < -0.3 is 0 Å². The highest BCUT2D eigenvalue weighted by molar-refractivity contribution is 7.91. The predicted molar refractivity (Wildman–Crippen MR) is 109 cm³/mol. The van der Waals surface area contributed by atoms with Crippen molar-refractivity contribution in [3.8, 4) is 0 Å². The quantitative estimate of drug-likeness (QED) is 0.525. The van der Waals surface area contributed by atoms with Crippen molar-refractivity contribution >= 4 is 43.0 Å². The van der Waals surface area contributed by atoms with Crippen LogP contribution in [-0.2, 0) is 9.84 Å². The summed E-state index contributed by atoms with van der Waals surface area (Å²) in [6.07, 6.45) is -5.87. The zero-order chi connectivity index (χ0) is 22.1. The maximum absolute atomic E-state index is 13.6. The van der Waals surface area contributed by atoms with Crippen molar-refractivity contribution in [3.63, 3.8) is 0 Å². The Morgan fingerprint density at radius 2 is 1.73 bits per heavy atom. The van der Waals surface area contributed by atoms with Crippen LogP contribution in [0.2, 0.25) is 0 Å². The molecular weight excluding hydrogens is 439 g/mol. The molecule has 2 aromatic carbocycles. The standard InChI is InChI=1S/C19H18F3N3O3S2/c1-3-25(19-24-23-17(29-19)15(20)16(21)22)18(26)13-9-11-7-5-6-8-12(11)10-14(13)30(27,28)4-2/h5-10,15-16H,3-4H2,1-2H3. The van der Waals surface area contributed by atoms with Crippen LogP contribution in [0.4, 0.5) is 18.3 Å². The Morgan fingerprint density at radius 1 is 1.10 bits per heavy atom. The summed E-state index contributed by atoms with van der Waals surface area (Å²) in [6.45, 7) is 3.13. The fourth-order valence-electron chi connectivity index (χ4n) is 2.87. The summed E-state index contributed by atoms with van der Waals surface area (Å²) >= 11 is 0.526. The number of anilines is 1. The maximum atomic E-state index is 13.6. The number of fused-ring (bicyclic) bond motifs is 1. The van der Waals surface area contributed by atoms with Gasteiger partial charge in [0, 0.05) is 6.54 Å². The van der Waals surface area contributed by atoms with Gasteiger partial charge in [0.25, 0.3) is 12.3 Å². The first-order valence-electron chi connectivity index (χ1n) is 9.02. The number of alkyl halides is 3. The second-order valence-corrected chi connectivity index (χ2v) is 9.54. The molecule has 0 N–H and O–H groups in total. The van der Waals surface area contributed by atoms with Crippen molar-refractivity contribution in [1.29, 1.82) is 0 Å². The molecule has 1 aromatic heterocycles. The molecule has 160 valence electrons. The average Bonchev–Trinajstić information content (AvgIpc) is 3.22. The second kappa shape index (κ2) is 8.68. The van der Waals surface area contributed by atoms with Crippen LogP contribution < -0.4 is 4.90 Å². The molecular formula is C19H18F3N3O3S2. The molecule has 3 aromatic rings. The summed E-state index contributed by atoms with van der Waals surface area (Å²) < 4.78 is 64.1.